The Morgan fingerprint density at radius 1 is 0.891 bits per heavy atom. The lowest BCUT2D eigenvalue weighted by Gasteiger charge is -2.48. The number of ether oxygens (including phenoxy) is 7. The van der Waals surface area contributed by atoms with Gasteiger partial charge in [0.05, 0.1) is 29.4 Å². The predicted molar refractivity (Wildman–Crippen MR) is 198 cm³/mol. The van der Waals surface area contributed by atoms with Gasteiger partial charge in [0.1, 0.15) is 17.8 Å². The number of carbonyl (C=O) groups is 4. The van der Waals surface area contributed by atoms with Crippen LogP contribution in [0.2, 0.25) is 0 Å². The maximum absolute atomic E-state index is 14.2. The lowest BCUT2D eigenvalue weighted by Crippen LogP contribution is -2.61. The highest BCUT2D eigenvalue weighted by Gasteiger charge is 2.97. The van der Waals surface area contributed by atoms with E-state index in [1.807, 2.05) is 93.6 Å². The Morgan fingerprint density at radius 2 is 1.55 bits per heavy atom. The van der Waals surface area contributed by atoms with Crippen molar-refractivity contribution in [1.29, 1.82) is 0 Å². The van der Waals surface area contributed by atoms with Gasteiger partial charge in [-0.3, -0.25) is 4.79 Å². The molecule has 0 bridgehead atoms. The molecule has 0 N–H and O–H groups in total. The van der Waals surface area contributed by atoms with Crippen molar-refractivity contribution < 1.29 is 52.3 Å². The number of carbonyl (C=O) groups excluding carboxylic acids is 4. The standard InChI is InChI=1S/C44H46O11/c1-25(36(46)50-6)30-23-24-42-34-32(51-31(45)22-17-26-13-9-7-10-14-26)33(41(2,3)4)43(42)35(49-5)38(48)54-39(43)55-44(30,42)40(52-34)53-37(47)29-20-18-28(19-21-29)27-15-11-8-12-16-27/h7-22,25,30,32-35,39-40H,23-24H2,1-6H3/b22-17+/t25?,30-,32-,33+,34-,35+,39?,40-,42-,43+,44-/m1/s1. The summed E-state index contributed by atoms with van der Waals surface area (Å²) < 4.78 is 44.3. The van der Waals surface area contributed by atoms with Crippen molar-refractivity contribution in [3.63, 3.8) is 0 Å². The number of rotatable bonds is 9. The van der Waals surface area contributed by atoms with Crippen LogP contribution in [0.25, 0.3) is 17.2 Å². The minimum Gasteiger partial charge on any atom is -0.469 e. The van der Waals surface area contributed by atoms with Crippen LogP contribution in [-0.4, -0.2) is 74.6 Å². The summed E-state index contributed by atoms with van der Waals surface area (Å²) in [6.45, 7) is 7.79. The van der Waals surface area contributed by atoms with Crippen LogP contribution in [0.3, 0.4) is 0 Å². The molecule has 2 saturated carbocycles. The minimum atomic E-state index is -1.53. The van der Waals surface area contributed by atoms with Gasteiger partial charge in [-0.2, -0.15) is 0 Å². The first kappa shape index (κ1) is 37.1. The third-order valence-corrected chi connectivity index (χ3v) is 12.9. The second kappa shape index (κ2) is 13.4. The van der Waals surface area contributed by atoms with Gasteiger partial charge in [-0.15, -0.1) is 0 Å². The second-order valence-corrected chi connectivity index (χ2v) is 16.4. The fraction of sp³-hybridized carbons (Fsp3) is 0.455. The van der Waals surface area contributed by atoms with E-state index in [2.05, 4.69) is 0 Å². The van der Waals surface area contributed by atoms with E-state index in [9.17, 15) is 19.2 Å². The summed E-state index contributed by atoms with van der Waals surface area (Å²) in [5.41, 5.74) is -1.63. The molecule has 3 aromatic rings. The molecule has 3 aliphatic heterocycles. The molecule has 0 radical (unpaired) electrons. The molecule has 5 fully saturated rings. The lowest BCUT2D eigenvalue weighted by molar-refractivity contribution is -0.253. The third-order valence-electron chi connectivity index (χ3n) is 12.9. The maximum Gasteiger partial charge on any atom is 0.340 e. The molecule has 8 rings (SSSR count). The second-order valence-electron chi connectivity index (χ2n) is 16.4. The van der Waals surface area contributed by atoms with E-state index < -0.39 is 94.4 Å². The lowest BCUT2D eigenvalue weighted by atomic mass is 9.51. The largest absolute Gasteiger partial charge is 0.469 e. The van der Waals surface area contributed by atoms with Crippen molar-refractivity contribution in [2.45, 2.75) is 77.0 Å². The summed E-state index contributed by atoms with van der Waals surface area (Å²) in [4.78, 5) is 55.2. The van der Waals surface area contributed by atoms with Gasteiger partial charge in [0.25, 0.3) is 0 Å². The van der Waals surface area contributed by atoms with E-state index in [1.54, 1.807) is 25.1 Å². The first-order chi connectivity index (χ1) is 26.3. The Balaban J connectivity index is 1.25. The van der Waals surface area contributed by atoms with Crippen LogP contribution in [0, 0.1) is 34.0 Å². The summed E-state index contributed by atoms with van der Waals surface area (Å²) >= 11 is 0. The van der Waals surface area contributed by atoms with Gasteiger partial charge in [-0.25, -0.2) is 14.4 Å². The number of methoxy groups -OCH3 is 2. The first-order valence-electron chi connectivity index (χ1n) is 18.8. The van der Waals surface area contributed by atoms with E-state index in [0.717, 1.165) is 16.7 Å². The zero-order valence-corrected chi connectivity index (χ0v) is 31.8. The topological polar surface area (TPSA) is 133 Å². The molecule has 3 aromatic carbocycles. The minimum absolute atomic E-state index is 0.275. The molecule has 0 amide bonds. The molecule has 0 aromatic heterocycles. The van der Waals surface area contributed by atoms with Gasteiger partial charge < -0.3 is 33.2 Å². The molecule has 5 aliphatic rings. The molecule has 11 heteroatoms. The van der Waals surface area contributed by atoms with Crippen LogP contribution in [-0.2, 0) is 47.5 Å². The van der Waals surface area contributed by atoms with Gasteiger partial charge in [-0.05, 0) is 53.2 Å². The van der Waals surface area contributed by atoms with Gasteiger partial charge in [0, 0.05) is 25.0 Å². The van der Waals surface area contributed by atoms with Crippen molar-refractivity contribution in [2.24, 2.45) is 34.0 Å². The summed E-state index contributed by atoms with van der Waals surface area (Å²) in [5, 5.41) is 0. The molecular formula is C44H46O11. The van der Waals surface area contributed by atoms with Crippen molar-refractivity contribution >= 4 is 30.0 Å². The van der Waals surface area contributed by atoms with Crippen LogP contribution in [0.15, 0.2) is 91.0 Å². The van der Waals surface area contributed by atoms with Crippen LogP contribution in [0.1, 0.15) is 56.5 Å². The van der Waals surface area contributed by atoms with E-state index in [1.165, 1.54) is 20.3 Å². The van der Waals surface area contributed by atoms with Crippen molar-refractivity contribution in [3.05, 3.63) is 102 Å². The number of hydrogen-bond acceptors (Lipinski definition) is 11. The van der Waals surface area contributed by atoms with Crippen LogP contribution in [0.4, 0.5) is 0 Å². The van der Waals surface area contributed by atoms with Gasteiger partial charge >= 0.3 is 23.9 Å². The van der Waals surface area contributed by atoms with Crippen molar-refractivity contribution in [1.82, 2.24) is 0 Å². The molecular weight excluding hydrogens is 704 g/mol. The molecule has 11 atom stereocenters. The number of hydrogen-bond donors (Lipinski definition) is 0. The Morgan fingerprint density at radius 3 is 2.18 bits per heavy atom. The zero-order valence-electron chi connectivity index (χ0n) is 31.8. The number of esters is 4. The predicted octanol–water partition coefficient (Wildman–Crippen LogP) is 6.40. The average Bonchev–Trinajstić information content (AvgIpc) is 3.88. The van der Waals surface area contributed by atoms with E-state index >= 15 is 0 Å². The molecule has 2 aliphatic carbocycles. The normalized spacial score (nSPS) is 34.8. The summed E-state index contributed by atoms with van der Waals surface area (Å²) in [5.74, 6) is -4.34. The molecule has 55 heavy (non-hydrogen) atoms. The maximum atomic E-state index is 14.2. The summed E-state index contributed by atoms with van der Waals surface area (Å²) in [6, 6.07) is 26.2. The van der Waals surface area contributed by atoms with Gasteiger partial charge in [0.15, 0.2) is 6.10 Å². The average molecular weight is 751 g/mol. The van der Waals surface area contributed by atoms with E-state index in [-0.39, 0.29) is 5.56 Å². The molecule has 2 spiro atoms. The molecule has 3 heterocycles. The molecule has 2 unspecified atom stereocenters. The highest BCUT2D eigenvalue weighted by Crippen LogP contribution is 2.84. The third kappa shape index (κ3) is 5.19. The van der Waals surface area contributed by atoms with Gasteiger partial charge in [0.2, 0.25) is 12.6 Å². The molecule has 11 nitrogen and oxygen atoms in total. The Labute approximate surface area is 320 Å². The fourth-order valence-electron chi connectivity index (χ4n) is 11.2. The molecule has 3 saturated heterocycles. The smallest absolute Gasteiger partial charge is 0.340 e. The Hall–Kier alpha value is -4.84. The monoisotopic (exact) mass is 750 g/mol. The van der Waals surface area contributed by atoms with Crippen LogP contribution in [0.5, 0.6) is 0 Å². The highest BCUT2D eigenvalue weighted by molar-refractivity contribution is 5.90. The SMILES string of the molecule is COC(=O)C(C)[C@H]1CC[C@]23[C@@H]4O[C@H](OC(=O)c5ccc(-c6ccccc6)cc5)[C@]12OC1OC(=O)[C@H](OC)[C@@]13[C@H](C(C)(C)C)[C@H]4OC(=O)/C=C/c1ccccc1. The fourth-order valence-corrected chi connectivity index (χ4v) is 11.2. The zero-order chi connectivity index (χ0) is 38.9. The number of benzene rings is 3. The quantitative estimate of drug-likeness (QED) is 0.137. The van der Waals surface area contributed by atoms with E-state index in [0.29, 0.717) is 12.8 Å². The highest BCUT2D eigenvalue weighted by atomic mass is 16.8. The van der Waals surface area contributed by atoms with Gasteiger partial charge in [-0.1, -0.05) is 100 Å². The first-order valence-corrected chi connectivity index (χ1v) is 18.8. The Kier molecular flexibility index (Phi) is 9.06. The molecule has 288 valence electrons. The van der Waals surface area contributed by atoms with Crippen molar-refractivity contribution in [2.75, 3.05) is 14.2 Å². The summed E-state index contributed by atoms with van der Waals surface area (Å²) in [6.07, 6.45) is -1.80. The van der Waals surface area contributed by atoms with E-state index in [4.69, 9.17) is 33.2 Å². The summed E-state index contributed by atoms with van der Waals surface area (Å²) in [7, 11) is 2.77. The van der Waals surface area contributed by atoms with Crippen LogP contribution >= 0.6 is 0 Å². The van der Waals surface area contributed by atoms with Crippen molar-refractivity contribution in [3.8, 4) is 11.1 Å². The van der Waals surface area contributed by atoms with Crippen LogP contribution < -0.4 is 0 Å². The Bertz CT molecular complexity index is 2010.